The number of fused-ring (bicyclic) bond motifs is 1. The fourth-order valence-corrected chi connectivity index (χ4v) is 2.33. The Morgan fingerprint density at radius 2 is 2.06 bits per heavy atom. The van der Waals surface area contributed by atoms with E-state index in [-0.39, 0.29) is 11.2 Å². The fraction of sp³-hybridized carbons (Fsp3) is 0.636. The lowest BCUT2D eigenvalue weighted by atomic mass is 10.1. The van der Waals surface area contributed by atoms with Gasteiger partial charge in [0, 0.05) is 31.7 Å². The molecule has 0 radical (unpaired) electrons. The number of rotatable bonds is 2. The van der Waals surface area contributed by atoms with Gasteiger partial charge in [0.15, 0.2) is 0 Å². The maximum atomic E-state index is 11.6. The molecule has 86 valence electrons. The second kappa shape index (κ2) is 3.59. The number of aromatic amines is 2. The summed E-state index contributed by atoms with van der Waals surface area (Å²) in [6.45, 7) is 2.72. The third-order valence-electron chi connectivity index (χ3n) is 3.40. The zero-order valence-electron chi connectivity index (χ0n) is 9.08. The van der Waals surface area contributed by atoms with Crippen LogP contribution in [0.15, 0.2) is 9.59 Å². The molecule has 3 rings (SSSR count). The van der Waals surface area contributed by atoms with E-state index >= 15 is 0 Å². The molecule has 0 saturated heterocycles. The van der Waals surface area contributed by atoms with Crippen molar-refractivity contribution in [3.63, 3.8) is 0 Å². The van der Waals surface area contributed by atoms with Gasteiger partial charge in [0.1, 0.15) is 0 Å². The second-order valence-corrected chi connectivity index (χ2v) is 4.79. The highest BCUT2D eigenvalue weighted by Crippen LogP contribution is 2.30. The third kappa shape index (κ3) is 1.82. The van der Waals surface area contributed by atoms with Gasteiger partial charge in [-0.05, 0) is 18.8 Å². The molecule has 0 aromatic carbocycles. The largest absolute Gasteiger partial charge is 0.325 e. The van der Waals surface area contributed by atoms with Crippen molar-refractivity contribution in [1.82, 2.24) is 14.9 Å². The summed E-state index contributed by atoms with van der Waals surface area (Å²) < 4.78 is 0. The van der Waals surface area contributed by atoms with E-state index in [0.717, 1.165) is 36.7 Å². The minimum absolute atomic E-state index is 0.223. The molecule has 1 fully saturated rings. The number of nitrogens with one attached hydrogen (secondary N) is 2. The van der Waals surface area contributed by atoms with Crippen LogP contribution >= 0.6 is 0 Å². The molecule has 2 N–H and O–H groups in total. The predicted molar refractivity (Wildman–Crippen MR) is 59.4 cm³/mol. The molecular formula is C11H15N3O2. The number of H-pyrrole nitrogens is 2. The van der Waals surface area contributed by atoms with E-state index in [1.54, 1.807) is 0 Å². The van der Waals surface area contributed by atoms with Crippen molar-refractivity contribution in [1.29, 1.82) is 0 Å². The minimum atomic E-state index is -0.389. The van der Waals surface area contributed by atoms with Gasteiger partial charge in [-0.3, -0.25) is 14.7 Å². The van der Waals surface area contributed by atoms with E-state index in [4.69, 9.17) is 0 Å². The lowest BCUT2D eigenvalue weighted by Gasteiger charge is -2.27. The summed E-state index contributed by atoms with van der Waals surface area (Å²) in [7, 11) is 0. The maximum Gasteiger partial charge on any atom is 0.325 e. The van der Waals surface area contributed by atoms with Crippen LogP contribution in [0.3, 0.4) is 0 Å². The van der Waals surface area contributed by atoms with E-state index in [1.807, 2.05) is 0 Å². The van der Waals surface area contributed by atoms with Crippen molar-refractivity contribution >= 4 is 0 Å². The highest BCUT2D eigenvalue weighted by atomic mass is 16.2. The Kier molecular flexibility index (Phi) is 2.21. The van der Waals surface area contributed by atoms with E-state index < -0.39 is 0 Å². The Labute approximate surface area is 92.5 Å². The SMILES string of the molecule is O=c1[nH]c2c(c(=O)[nH]1)CN(CC1CC1)CC2. The van der Waals surface area contributed by atoms with Crippen molar-refractivity contribution in [2.75, 3.05) is 13.1 Å². The predicted octanol–water partition coefficient (Wildman–Crippen LogP) is -0.169. The smallest absolute Gasteiger partial charge is 0.311 e. The molecule has 1 aliphatic heterocycles. The summed E-state index contributed by atoms with van der Waals surface area (Å²) in [5, 5.41) is 0. The number of nitrogens with zero attached hydrogens (tertiary/aromatic N) is 1. The maximum absolute atomic E-state index is 11.6. The Bertz CT molecular complexity index is 513. The Balaban J connectivity index is 1.87. The molecule has 1 aromatic rings. The Morgan fingerprint density at radius 1 is 1.25 bits per heavy atom. The first-order valence-corrected chi connectivity index (χ1v) is 5.79. The first-order valence-electron chi connectivity index (χ1n) is 5.79. The molecule has 0 bridgehead atoms. The molecule has 5 heteroatoms. The van der Waals surface area contributed by atoms with Crippen LogP contribution in [-0.2, 0) is 13.0 Å². The van der Waals surface area contributed by atoms with Gasteiger partial charge < -0.3 is 4.98 Å². The highest BCUT2D eigenvalue weighted by molar-refractivity contribution is 5.19. The monoisotopic (exact) mass is 221 g/mol. The van der Waals surface area contributed by atoms with Crippen molar-refractivity contribution in [3.8, 4) is 0 Å². The van der Waals surface area contributed by atoms with Gasteiger partial charge in [0.2, 0.25) is 0 Å². The topological polar surface area (TPSA) is 69.0 Å². The minimum Gasteiger partial charge on any atom is -0.311 e. The average Bonchev–Trinajstić information content (AvgIpc) is 3.03. The van der Waals surface area contributed by atoms with Gasteiger partial charge in [-0.15, -0.1) is 0 Å². The normalized spacial score (nSPS) is 20.8. The molecule has 2 aliphatic rings. The summed E-state index contributed by atoms with van der Waals surface area (Å²) in [6, 6.07) is 0. The van der Waals surface area contributed by atoms with Gasteiger partial charge in [-0.2, -0.15) is 0 Å². The summed E-state index contributed by atoms with van der Waals surface area (Å²) in [6.07, 6.45) is 3.43. The summed E-state index contributed by atoms with van der Waals surface area (Å²) in [4.78, 5) is 30.1. The van der Waals surface area contributed by atoms with Gasteiger partial charge in [-0.25, -0.2) is 4.79 Å². The van der Waals surface area contributed by atoms with E-state index in [9.17, 15) is 9.59 Å². The van der Waals surface area contributed by atoms with Gasteiger partial charge in [0.05, 0.1) is 5.56 Å². The molecule has 5 nitrogen and oxygen atoms in total. The molecule has 0 amide bonds. The van der Waals surface area contributed by atoms with E-state index in [2.05, 4.69) is 14.9 Å². The zero-order chi connectivity index (χ0) is 11.1. The molecule has 1 aliphatic carbocycles. The molecule has 2 heterocycles. The van der Waals surface area contributed by atoms with Crippen molar-refractivity contribution in [2.45, 2.75) is 25.8 Å². The molecule has 0 unspecified atom stereocenters. The molecule has 0 atom stereocenters. The van der Waals surface area contributed by atoms with Crippen molar-refractivity contribution in [2.24, 2.45) is 5.92 Å². The van der Waals surface area contributed by atoms with Gasteiger partial charge in [0.25, 0.3) is 5.56 Å². The lowest BCUT2D eigenvalue weighted by molar-refractivity contribution is 0.240. The number of hydrogen-bond donors (Lipinski definition) is 2. The summed E-state index contributed by atoms with van der Waals surface area (Å²) in [5.41, 5.74) is 0.950. The zero-order valence-corrected chi connectivity index (χ0v) is 9.08. The van der Waals surface area contributed by atoms with Gasteiger partial charge in [-0.1, -0.05) is 0 Å². The van der Waals surface area contributed by atoms with Crippen LogP contribution in [0.2, 0.25) is 0 Å². The molecule has 16 heavy (non-hydrogen) atoms. The van der Waals surface area contributed by atoms with Crippen LogP contribution in [0.5, 0.6) is 0 Å². The van der Waals surface area contributed by atoms with Crippen molar-refractivity contribution < 1.29 is 0 Å². The summed E-state index contributed by atoms with van der Waals surface area (Å²) >= 11 is 0. The van der Waals surface area contributed by atoms with Crippen LogP contribution in [0.25, 0.3) is 0 Å². The average molecular weight is 221 g/mol. The van der Waals surface area contributed by atoms with Crippen LogP contribution in [0.1, 0.15) is 24.1 Å². The third-order valence-corrected chi connectivity index (χ3v) is 3.40. The molecular weight excluding hydrogens is 206 g/mol. The fourth-order valence-electron chi connectivity index (χ4n) is 2.33. The Hall–Kier alpha value is -1.36. The van der Waals surface area contributed by atoms with Gasteiger partial charge >= 0.3 is 5.69 Å². The Morgan fingerprint density at radius 3 is 2.81 bits per heavy atom. The van der Waals surface area contributed by atoms with Crippen molar-refractivity contribution in [3.05, 3.63) is 32.1 Å². The van der Waals surface area contributed by atoms with Crippen LogP contribution in [0.4, 0.5) is 0 Å². The molecule has 1 saturated carbocycles. The first kappa shape index (κ1) is 9.84. The molecule has 1 aromatic heterocycles. The summed E-state index contributed by atoms with van der Waals surface area (Å²) in [5.74, 6) is 0.836. The van der Waals surface area contributed by atoms with Crippen LogP contribution < -0.4 is 11.2 Å². The lowest BCUT2D eigenvalue weighted by Crippen LogP contribution is -2.39. The number of hydrogen-bond acceptors (Lipinski definition) is 3. The van der Waals surface area contributed by atoms with E-state index in [0.29, 0.717) is 6.54 Å². The second-order valence-electron chi connectivity index (χ2n) is 4.79. The number of aromatic nitrogens is 2. The highest BCUT2D eigenvalue weighted by Gasteiger charge is 2.27. The standard InChI is InChI=1S/C11H15N3O2/c15-10-8-6-14(5-7-1-2-7)4-3-9(8)12-11(16)13-10/h7H,1-6H2,(H2,12,13,15,16). The van der Waals surface area contributed by atoms with Crippen LogP contribution in [-0.4, -0.2) is 28.0 Å². The molecule has 0 spiro atoms. The first-order chi connectivity index (χ1) is 7.72. The van der Waals surface area contributed by atoms with E-state index in [1.165, 1.54) is 12.8 Å². The quantitative estimate of drug-likeness (QED) is 0.728. The van der Waals surface area contributed by atoms with Crippen LogP contribution in [0, 0.1) is 5.92 Å².